The van der Waals surface area contributed by atoms with Crippen LogP contribution >= 0.6 is 0 Å². The summed E-state index contributed by atoms with van der Waals surface area (Å²) in [6, 6.07) is 5.83. The van der Waals surface area contributed by atoms with Gasteiger partial charge in [-0.1, -0.05) is 24.3 Å². The lowest BCUT2D eigenvalue weighted by Crippen LogP contribution is -2.38. The molecular formula is C35H37N3O7. The third-order valence-electron chi connectivity index (χ3n) is 9.34. The number of nitrogens with zero attached hydrogens (tertiary/aromatic N) is 3. The summed E-state index contributed by atoms with van der Waals surface area (Å²) in [5.74, 6) is -1.62. The molecule has 45 heavy (non-hydrogen) atoms. The number of hydrogen-bond donors (Lipinski definition) is 1. The maximum absolute atomic E-state index is 13.3. The van der Waals surface area contributed by atoms with E-state index >= 15 is 0 Å². The number of carbonyl (C=O) groups is 3. The molecule has 0 saturated carbocycles. The van der Waals surface area contributed by atoms with Gasteiger partial charge >= 0.3 is 17.9 Å². The van der Waals surface area contributed by atoms with E-state index in [0.717, 1.165) is 44.5 Å². The zero-order chi connectivity index (χ0) is 32.2. The van der Waals surface area contributed by atoms with Crippen LogP contribution in [0.15, 0.2) is 66.4 Å². The lowest BCUT2D eigenvalue weighted by Gasteiger charge is -2.42. The fourth-order valence-corrected chi connectivity index (χ4v) is 7.44. The van der Waals surface area contributed by atoms with Gasteiger partial charge in [0, 0.05) is 80.7 Å². The molecular weight excluding hydrogens is 574 g/mol. The maximum atomic E-state index is 13.3. The Morgan fingerprint density at radius 2 is 1.47 bits per heavy atom. The Kier molecular flexibility index (Phi) is 7.78. The molecule has 0 aromatic heterocycles. The fraction of sp³-hybridized carbons (Fsp3) is 0.343. The Morgan fingerprint density at radius 3 is 2.13 bits per heavy atom. The first kappa shape index (κ1) is 30.2. The highest BCUT2D eigenvalue weighted by Gasteiger charge is 2.46. The topological polar surface area (TPSA) is 112 Å². The number of hydrogen-bond acceptors (Lipinski definition) is 8. The van der Waals surface area contributed by atoms with E-state index in [1.165, 1.54) is 21.3 Å². The number of aromatic nitrogens is 2. The molecule has 0 amide bonds. The largest absolute Gasteiger partial charge is 0.466 e. The molecule has 0 spiro atoms. The summed E-state index contributed by atoms with van der Waals surface area (Å²) in [5, 5.41) is 10.4. The summed E-state index contributed by atoms with van der Waals surface area (Å²) in [6.07, 6.45) is 12.5. The van der Waals surface area contributed by atoms with Gasteiger partial charge in [0.05, 0.1) is 50.7 Å². The van der Waals surface area contributed by atoms with Crippen LogP contribution in [0.5, 0.6) is 0 Å². The number of allylic oxidation sites excluding steroid dienone is 1. The van der Waals surface area contributed by atoms with Gasteiger partial charge in [0.2, 0.25) is 0 Å². The minimum absolute atomic E-state index is 0.136. The van der Waals surface area contributed by atoms with Gasteiger partial charge in [-0.25, -0.2) is 14.4 Å². The van der Waals surface area contributed by atoms with Gasteiger partial charge in [0.1, 0.15) is 0 Å². The highest BCUT2D eigenvalue weighted by molar-refractivity contribution is 6.00. The van der Waals surface area contributed by atoms with Crippen molar-refractivity contribution < 1.29 is 33.7 Å². The first-order valence-electron chi connectivity index (χ1n) is 14.8. The van der Waals surface area contributed by atoms with Crippen molar-refractivity contribution in [1.29, 1.82) is 0 Å². The predicted molar refractivity (Wildman–Crippen MR) is 167 cm³/mol. The summed E-state index contributed by atoms with van der Waals surface area (Å²) in [6.45, 7) is -0.136. The van der Waals surface area contributed by atoms with Crippen molar-refractivity contribution in [2.45, 2.75) is 18.9 Å². The quantitative estimate of drug-likeness (QED) is 0.187. The lowest BCUT2D eigenvalue weighted by molar-refractivity contribution is -0.137. The Morgan fingerprint density at radius 1 is 0.822 bits per heavy atom. The molecule has 3 heterocycles. The first-order chi connectivity index (χ1) is 21.6. The molecule has 0 fully saturated rings. The van der Waals surface area contributed by atoms with Gasteiger partial charge in [0.15, 0.2) is 0 Å². The van der Waals surface area contributed by atoms with Crippen molar-refractivity contribution in [2.75, 3.05) is 35.0 Å². The number of carbonyl (C=O) groups excluding carboxylic acids is 3. The van der Waals surface area contributed by atoms with Gasteiger partial charge in [0.25, 0.3) is 0 Å². The molecule has 0 aromatic carbocycles. The second kappa shape index (κ2) is 11.6. The molecule has 6 aliphatic rings. The van der Waals surface area contributed by atoms with Crippen LogP contribution in [-0.4, -0.2) is 72.0 Å². The molecule has 10 heteroatoms. The van der Waals surface area contributed by atoms with E-state index in [0.29, 0.717) is 29.5 Å². The molecule has 0 radical (unpaired) electrons. The lowest BCUT2D eigenvalue weighted by atomic mass is 9.74. The second-order valence-electron chi connectivity index (χ2n) is 11.9. The van der Waals surface area contributed by atoms with Crippen LogP contribution in [-0.2, 0) is 39.5 Å². The molecule has 234 valence electrons. The Hall–Kier alpha value is -4.83. The third kappa shape index (κ3) is 4.89. The summed E-state index contributed by atoms with van der Waals surface area (Å²) in [7, 11) is 9.79. The van der Waals surface area contributed by atoms with Gasteiger partial charge in [-0.3, -0.25) is 0 Å². The van der Waals surface area contributed by atoms with Crippen molar-refractivity contribution in [3.8, 4) is 22.3 Å². The zero-order valence-corrected chi connectivity index (χ0v) is 26.3. The normalized spacial score (nSPS) is 19.4. The van der Waals surface area contributed by atoms with Crippen LogP contribution in [0.1, 0.15) is 49.9 Å². The molecule has 0 saturated heterocycles. The Labute approximate surface area is 261 Å². The molecule has 0 unspecified atom stereocenters. The summed E-state index contributed by atoms with van der Waals surface area (Å²) >= 11 is 0. The minimum atomic E-state index is -0.451. The summed E-state index contributed by atoms with van der Waals surface area (Å²) < 4.78 is 19.1. The van der Waals surface area contributed by atoms with Crippen molar-refractivity contribution in [1.82, 2.24) is 14.0 Å². The number of methoxy groups -OCH3 is 3. The van der Waals surface area contributed by atoms with Crippen molar-refractivity contribution >= 4 is 17.9 Å². The van der Waals surface area contributed by atoms with Crippen LogP contribution < -0.4 is 0 Å². The van der Waals surface area contributed by atoms with E-state index in [-0.39, 0.29) is 30.5 Å². The van der Waals surface area contributed by atoms with E-state index in [1.54, 1.807) is 12.4 Å². The number of ether oxygens (including phenoxy) is 3. The second-order valence-corrected chi connectivity index (χ2v) is 11.9. The van der Waals surface area contributed by atoms with Gasteiger partial charge in [-0.15, -0.1) is 0 Å². The average molecular weight is 612 g/mol. The standard InChI is InChI=1S/C35H37N3O7/c1-36-13-25-19(7-9-22(25)27(15-36)33(40)43-4)11-21-12-24(31-26(21)14-37(2)16-29(31)35(42)45-6)32-30-20(18-39)8-10-23(30)28(17-38(32)3)34(41)44-5/h7-9,12-17,23,30,32,39H,10-11,18H2,1-6H3/t23-,30-,32+/m1/s1. The minimum Gasteiger partial charge on any atom is -0.466 e. The third-order valence-corrected chi connectivity index (χ3v) is 9.34. The highest BCUT2D eigenvalue weighted by atomic mass is 16.5. The molecule has 1 N–H and O–H groups in total. The number of aliphatic hydroxyl groups is 1. The van der Waals surface area contributed by atoms with Gasteiger partial charge < -0.3 is 33.4 Å². The number of rotatable bonds is 7. The SMILES string of the molecule is COC(=O)C1=CN(C)[C@@H](c2cc(Cc3ccc4c(C(=O)OC)cn(C)cc3-4)c3cn(C)cc(C(=O)OC)c2-3)[C@@H]2C(CO)=CC[C@H]12. The maximum Gasteiger partial charge on any atom is 0.339 e. The number of fused-ring (bicyclic) bond motifs is 3. The van der Waals surface area contributed by atoms with E-state index in [4.69, 9.17) is 14.2 Å². The van der Waals surface area contributed by atoms with E-state index in [9.17, 15) is 19.5 Å². The van der Waals surface area contributed by atoms with E-state index in [1.807, 2.05) is 72.0 Å². The zero-order valence-electron chi connectivity index (χ0n) is 26.3. The van der Waals surface area contributed by atoms with Crippen LogP contribution in [0, 0.1) is 11.8 Å². The number of pyridine rings is 2. The Bertz CT molecular complexity index is 1830. The fourth-order valence-electron chi connectivity index (χ4n) is 7.44. The number of aryl methyl sites for hydroxylation is 2. The van der Waals surface area contributed by atoms with Crippen LogP contribution in [0.3, 0.4) is 0 Å². The van der Waals surface area contributed by atoms with Crippen LogP contribution in [0.25, 0.3) is 22.3 Å². The Balaban J connectivity index is 1.54. The molecule has 0 bridgehead atoms. The van der Waals surface area contributed by atoms with Crippen molar-refractivity contribution in [3.63, 3.8) is 0 Å². The summed E-state index contributed by atoms with van der Waals surface area (Å²) in [5.41, 5.74) is 8.71. The molecule has 0 aromatic rings. The van der Waals surface area contributed by atoms with Crippen molar-refractivity contribution in [2.24, 2.45) is 25.9 Å². The van der Waals surface area contributed by atoms with E-state index in [2.05, 4.69) is 6.07 Å². The molecule has 3 aliphatic carbocycles. The van der Waals surface area contributed by atoms with Gasteiger partial charge in [-0.05, 0) is 40.7 Å². The van der Waals surface area contributed by atoms with Crippen molar-refractivity contribution in [3.05, 3.63) is 94.2 Å². The summed E-state index contributed by atoms with van der Waals surface area (Å²) in [4.78, 5) is 40.7. The molecule has 3 aliphatic heterocycles. The first-order valence-corrected chi connectivity index (χ1v) is 14.8. The molecule has 3 atom stereocenters. The average Bonchev–Trinajstić information content (AvgIpc) is 3.74. The monoisotopic (exact) mass is 611 g/mol. The predicted octanol–water partition coefficient (Wildman–Crippen LogP) is 4.34. The number of aliphatic hydroxyl groups excluding tert-OH is 1. The van der Waals surface area contributed by atoms with Crippen LogP contribution in [0.4, 0.5) is 0 Å². The highest BCUT2D eigenvalue weighted by Crippen LogP contribution is 2.53. The number of esters is 3. The van der Waals surface area contributed by atoms with Gasteiger partial charge in [-0.2, -0.15) is 0 Å². The van der Waals surface area contributed by atoms with Crippen LogP contribution in [0.2, 0.25) is 0 Å². The molecule has 10 nitrogen and oxygen atoms in total. The van der Waals surface area contributed by atoms with E-state index < -0.39 is 11.9 Å². The molecule has 6 rings (SSSR count). The smallest absolute Gasteiger partial charge is 0.339 e.